The number of aryl methyl sites for hydroxylation is 1. The normalized spacial score (nSPS) is 11.2. The molecule has 1 aromatic heterocycles. The first-order valence-corrected chi connectivity index (χ1v) is 6.80. The molecule has 0 aliphatic heterocycles. The molecule has 4 nitrogen and oxygen atoms in total. The summed E-state index contributed by atoms with van der Waals surface area (Å²) in [6.07, 6.45) is 0. The highest BCUT2D eigenvalue weighted by atomic mass is 35.5. The molecule has 0 radical (unpaired) electrons. The number of benzene rings is 1. The fourth-order valence-corrected chi connectivity index (χ4v) is 2.39. The molecule has 0 aliphatic carbocycles. The number of hydrogen-bond donors (Lipinski definition) is 2. The lowest BCUT2D eigenvalue weighted by Crippen LogP contribution is -2.01. The Hall–Kier alpha value is -1.46. The molecule has 3 N–H and O–H groups in total. The molecule has 0 unspecified atom stereocenters. The molecule has 2 rings (SSSR count). The van der Waals surface area contributed by atoms with Gasteiger partial charge in [0.2, 0.25) is 0 Å². The Morgan fingerprint density at radius 1 is 1.30 bits per heavy atom. The highest BCUT2D eigenvalue weighted by Gasteiger charge is 2.17. The summed E-state index contributed by atoms with van der Waals surface area (Å²) in [6.45, 7) is 4.02. The second kappa shape index (κ2) is 5.50. The molecule has 0 saturated heterocycles. The van der Waals surface area contributed by atoms with Crippen LogP contribution in [0.5, 0.6) is 0 Å². The van der Waals surface area contributed by atoms with Crippen molar-refractivity contribution in [3.05, 3.63) is 33.7 Å². The fourth-order valence-electron chi connectivity index (χ4n) is 1.90. The second-order valence-corrected chi connectivity index (χ2v) is 5.62. The predicted octanol–water partition coefficient (Wildman–Crippen LogP) is 4.32. The minimum atomic E-state index is -0.639. The van der Waals surface area contributed by atoms with Crippen LogP contribution in [0.15, 0.2) is 12.1 Å². The Balaban J connectivity index is 2.40. The highest BCUT2D eigenvalue weighted by molar-refractivity contribution is 6.35. The van der Waals surface area contributed by atoms with E-state index in [9.17, 15) is 4.39 Å². The molecule has 0 saturated carbocycles. The van der Waals surface area contributed by atoms with Crippen LogP contribution < -0.4 is 11.1 Å². The van der Waals surface area contributed by atoms with E-state index in [-0.39, 0.29) is 16.0 Å². The molecular weight excluding hydrogens is 302 g/mol. The number of nitrogens with zero attached hydrogens (tertiary/aromatic N) is 2. The summed E-state index contributed by atoms with van der Waals surface area (Å²) in [5, 5.41) is 7.32. The third-order valence-electron chi connectivity index (χ3n) is 2.91. The summed E-state index contributed by atoms with van der Waals surface area (Å²) >= 11 is 11.5. The summed E-state index contributed by atoms with van der Waals surface area (Å²) in [6, 6.07) is 2.90. The molecule has 0 aliphatic rings. The molecule has 0 fully saturated rings. The van der Waals surface area contributed by atoms with Crippen LogP contribution in [0, 0.1) is 5.82 Å². The van der Waals surface area contributed by atoms with E-state index in [1.807, 2.05) is 13.8 Å². The highest BCUT2D eigenvalue weighted by Crippen LogP contribution is 2.33. The molecule has 7 heteroatoms. The lowest BCUT2D eigenvalue weighted by Gasteiger charge is -2.09. The monoisotopic (exact) mass is 316 g/mol. The van der Waals surface area contributed by atoms with Crippen LogP contribution in [-0.4, -0.2) is 9.78 Å². The van der Waals surface area contributed by atoms with E-state index in [4.69, 9.17) is 28.9 Å². The van der Waals surface area contributed by atoms with E-state index in [2.05, 4.69) is 10.4 Å². The maximum atomic E-state index is 13.4. The van der Waals surface area contributed by atoms with E-state index in [0.717, 1.165) is 5.69 Å². The minimum absolute atomic E-state index is 0.0511. The van der Waals surface area contributed by atoms with E-state index >= 15 is 0 Å². The number of nitrogens with two attached hydrogens (primary N) is 1. The Morgan fingerprint density at radius 3 is 2.30 bits per heavy atom. The van der Waals surface area contributed by atoms with Crippen molar-refractivity contribution in [3.8, 4) is 0 Å². The van der Waals surface area contributed by atoms with Gasteiger partial charge in [0.15, 0.2) is 11.6 Å². The first-order chi connectivity index (χ1) is 9.31. The van der Waals surface area contributed by atoms with Gasteiger partial charge in [-0.15, -0.1) is 0 Å². The number of halogens is 3. The smallest absolute Gasteiger partial charge is 0.160 e. The van der Waals surface area contributed by atoms with Gasteiger partial charge in [-0.1, -0.05) is 37.0 Å². The van der Waals surface area contributed by atoms with Gasteiger partial charge in [0.1, 0.15) is 0 Å². The van der Waals surface area contributed by atoms with Crippen molar-refractivity contribution < 1.29 is 4.39 Å². The number of rotatable bonds is 3. The topological polar surface area (TPSA) is 55.9 Å². The van der Waals surface area contributed by atoms with Crippen LogP contribution in [0.3, 0.4) is 0 Å². The Morgan fingerprint density at radius 2 is 1.85 bits per heavy atom. The molecule has 1 aromatic carbocycles. The minimum Gasteiger partial charge on any atom is -0.394 e. The quantitative estimate of drug-likeness (QED) is 0.829. The number of nitrogens with one attached hydrogen (secondary N) is 1. The van der Waals surface area contributed by atoms with Gasteiger partial charge in [0.25, 0.3) is 0 Å². The molecule has 0 amide bonds. The zero-order chi connectivity index (χ0) is 15.0. The molecule has 0 spiro atoms. The number of hydrogen-bond acceptors (Lipinski definition) is 3. The van der Waals surface area contributed by atoms with Gasteiger partial charge in [-0.05, 0) is 18.1 Å². The van der Waals surface area contributed by atoms with Crippen LogP contribution in [0.25, 0.3) is 0 Å². The first kappa shape index (κ1) is 14.9. The summed E-state index contributed by atoms with van der Waals surface area (Å²) in [4.78, 5) is 0. The predicted molar refractivity (Wildman–Crippen MR) is 81.4 cm³/mol. The zero-order valence-corrected chi connectivity index (χ0v) is 12.8. The fraction of sp³-hybridized carbons (Fsp3) is 0.308. The molecule has 2 aromatic rings. The molecule has 108 valence electrons. The van der Waals surface area contributed by atoms with Gasteiger partial charge in [0.05, 0.1) is 21.4 Å². The van der Waals surface area contributed by atoms with Crippen LogP contribution in [0.4, 0.5) is 21.6 Å². The van der Waals surface area contributed by atoms with Crippen molar-refractivity contribution in [2.24, 2.45) is 7.05 Å². The summed E-state index contributed by atoms with van der Waals surface area (Å²) in [7, 11) is 1.78. The van der Waals surface area contributed by atoms with E-state index in [1.165, 1.54) is 12.1 Å². The summed E-state index contributed by atoms with van der Waals surface area (Å²) in [5.74, 6) is 0.185. The Labute approximate surface area is 126 Å². The number of nitrogen functional groups attached to an aromatic ring is 1. The van der Waals surface area contributed by atoms with Crippen LogP contribution in [0.2, 0.25) is 10.0 Å². The lowest BCUT2D eigenvalue weighted by molar-refractivity contribution is 0.629. The van der Waals surface area contributed by atoms with Gasteiger partial charge in [-0.3, -0.25) is 4.68 Å². The average molecular weight is 317 g/mol. The van der Waals surface area contributed by atoms with Crippen molar-refractivity contribution in [2.75, 3.05) is 11.1 Å². The summed E-state index contributed by atoms with van der Waals surface area (Å²) in [5.41, 5.74) is 7.98. The maximum Gasteiger partial charge on any atom is 0.160 e. The molecule has 0 bridgehead atoms. The second-order valence-electron chi connectivity index (χ2n) is 4.80. The van der Waals surface area contributed by atoms with Crippen LogP contribution in [0.1, 0.15) is 25.5 Å². The largest absolute Gasteiger partial charge is 0.394 e. The number of aromatic nitrogens is 2. The van der Waals surface area contributed by atoms with Crippen LogP contribution in [-0.2, 0) is 7.05 Å². The number of anilines is 3. The van der Waals surface area contributed by atoms with Crippen LogP contribution >= 0.6 is 23.2 Å². The third kappa shape index (κ3) is 2.69. The van der Waals surface area contributed by atoms with Crippen molar-refractivity contribution in [1.82, 2.24) is 9.78 Å². The molecule has 0 atom stereocenters. The van der Waals surface area contributed by atoms with Crippen molar-refractivity contribution in [1.29, 1.82) is 0 Å². The van der Waals surface area contributed by atoms with Gasteiger partial charge < -0.3 is 11.1 Å². The van der Waals surface area contributed by atoms with Gasteiger partial charge in [0, 0.05) is 12.7 Å². The third-order valence-corrected chi connectivity index (χ3v) is 3.46. The Bertz CT molecular complexity index is 629. The molecule has 1 heterocycles. The van der Waals surface area contributed by atoms with Gasteiger partial charge >= 0.3 is 0 Å². The Kier molecular flexibility index (Phi) is 4.11. The van der Waals surface area contributed by atoms with Crippen molar-refractivity contribution in [3.63, 3.8) is 0 Å². The maximum absolute atomic E-state index is 13.4. The van der Waals surface area contributed by atoms with E-state index in [1.54, 1.807) is 11.7 Å². The standard InChI is InChI=1S/C13H15Cl2FN4/c1-6(2)12-11(17)13(20(3)19-12)18-7-4-8(14)10(16)9(15)5-7/h4-6,18H,17H2,1-3H3. The van der Waals surface area contributed by atoms with E-state index in [0.29, 0.717) is 17.2 Å². The zero-order valence-electron chi connectivity index (χ0n) is 11.3. The molecular formula is C13H15Cl2FN4. The average Bonchev–Trinajstić information content (AvgIpc) is 2.64. The molecule has 20 heavy (non-hydrogen) atoms. The lowest BCUT2D eigenvalue weighted by atomic mass is 10.1. The summed E-state index contributed by atoms with van der Waals surface area (Å²) < 4.78 is 15.0. The van der Waals surface area contributed by atoms with Gasteiger partial charge in [-0.2, -0.15) is 5.10 Å². The van der Waals surface area contributed by atoms with Crippen molar-refractivity contribution in [2.45, 2.75) is 19.8 Å². The van der Waals surface area contributed by atoms with Crippen molar-refractivity contribution >= 4 is 40.4 Å². The van der Waals surface area contributed by atoms with Gasteiger partial charge in [-0.25, -0.2) is 4.39 Å². The SMILES string of the molecule is CC(C)c1nn(C)c(Nc2cc(Cl)c(F)c(Cl)c2)c1N. The first-order valence-electron chi connectivity index (χ1n) is 6.05. The van der Waals surface area contributed by atoms with E-state index < -0.39 is 5.82 Å².